The van der Waals surface area contributed by atoms with Crippen LogP contribution in [0.1, 0.15) is 26.2 Å². The molecule has 0 fully saturated rings. The van der Waals surface area contributed by atoms with Crippen molar-refractivity contribution < 1.29 is 28.1 Å². The molecule has 0 spiro atoms. The quantitative estimate of drug-likeness (QED) is 0.213. The van der Waals surface area contributed by atoms with Gasteiger partial charge in [0.1, 0.15) is 6.61 Å². The zero-order chi connectivity index (χ0) is 16.4. The average molecular weight is 330 g/mol. The summed E-state index contributed by atoms with van der Waals surface area (Å²) in [7, 11) is -2.36. The molecule has 9 heteroatoms. The summed E-state index contributed by atoms with van der Waals surface area (Å²) in [5.41, 5.74) is -0.0811. The number of hydrogen-bond donors (Lipinski definition) is 0. The zero-order valence-corrected chi connectivity index (χ0v) is 13.0. The van der Waals surface area contributed by atoms with Crippen molar-refractivity contribution in [3.05, 3.63) is 34.4 Å². The fourth-order valence-corrected chi connectivity index (χ4v) is 2.11. The maximum atomic E-state index is 11.5. The molecule has 0 amide bonds. The van der Waals surface area contributed by atoms with E-state index in [2.05, 4.69) is 0 Å². The van der Waals surface area contributed by atoms with Crippen molar-refractivity contribution in [2.45, 2.75) is 26.2 Å². The second-order valence-electron chi connectivity index (χ2n) is 4.16. The summed E-state index contributed by atoms with van der Waals surface area (Å²) in [5.74, 6) is -0.0488. The monoisotopic (exact) mass is 330 g/mol. The number of esters is 1. The van der Waals surface area contributed by atoms with Crippen LogP contribution >= 0.6 is 8.25 Å². The lowest BCUT2D eigenvalue weighted by molar-refractivity contribution is -0.384. The van der Waals surface area contributed by atoms with Crippen LogP contribution < -0.4 is 4.52 Å². The second-order valence-corrected chi connectivity index (χ2v) is 5.05. The van der Waals surface area contributed by atoms with E-state index in [0.29, 0.717) is 19.4 Å². The number of ether oxygens (including phenoxy) is 1. The van der Waals surface area contributed by atoms with Gasteiger partial charge in [0.25, 0.3) is 5.69 Å². The highest BCUT2D eigenvalue weighted by Crippen LogP contribution is 2.29. The van der Waals surface area contributed by atoms with Gasteiger partial charge in [-0.25, -0.2) is 4.52 Å². The maximum Gasteiger partial charge on any atom is 0.750 e. The first-order valence-corrected chi connectivity index (χ1v) is 7.80. The molecule has 0 radical (unpaired) electrons. The summed E-state index contributed by atoms with van der Waals surface area (Å²) in [6, 6.07) is 5.18. The fraction of sp³-hybridized carbons (Fsp3) is 0.462. The lowest BCUT2D eigenvalue weighted by atomic mass is 10.2. The number of benzene rings is 1. The Hall–Kier alpha value is -2.05. The summed E-state index contributed by atoms with van der Waals surface area (Å²) in [6.07, 6.45) is 1.40. The van der Waals surface area contributed by atoms with Crippen molar-refractivity contribution in [1.82, 2.24) is 0 Å². The molecular formula is C13H17NO7P+. The molecule has 0 saturated carbocycles. The van der Waals surface area contributed by atoms with Crippen LogP contribution in [0.15, 0.2) is 24.3 Å². The van der Waals surface area contributed by atoms with Crippen molar-refractivity contribution in [1.29, 1.82) is 0 Å². The van der Waals surface area contributed by atoms with Crippen LogP contribution in [-0.2, 0) is 18.6 Å². The number of carbonyl (C=O) groups excluding carboxylic acids is 1. The zero-order valence-electron chi connectivity index (χ0n) is 12.1. The van der Waals surface area contributed by atoms with Crippen LogP contribution in [-0.4, -0.2) is 24.1 Å². The molecule has 1 atom stereocenters. The third-order valence-electron chi connectivity index (χ3n) is 2.50. The summed E-state index contributed by atoms with van der Waals surface area (Å²) in [6.45, 7) is 2.27. The SMILES string of the molecule is CCOC(=O)CCCCO[P+](=O)Oc1ccc([N+](=O)[O-])cc1. The highest BCUT2D eigenvalue weighted by molar-refractivity contribution is 7.33. The number of carbonyl (C=O) groups is 1. The third kappa shape index (κ3) is 7.10. The molecule has 0 N–H and O–H groups in total. The van der Waals surface area contributed by atoms with Crippen LogP contribution in [0.25, 0.3) is 0 Å². The summed E-state index contributed by atoms with van der Waals surface area (Å²) in [4.78, 5) is 21.0. The van der Waals surface area contributed by atoms with Crippen molar-refractivity contribution in [3.8, 4) is 5.75 Å². The molecule has 0 aromatic heterocycles. The van der Waals surface area contributed by atoms with E-state index in [9.17, 15) is 19.5 Å². The third-order valence-corrected chi connectivity index (χ3v) is 3.26. The van der Waals surface area contributed by atoms with Crippen LogP contribution in [0.3, 0.4) is 0 Å². The lowest BCUT2D eigenvalue weighted by Crippen LogP contribution is -2.03. The Morgan fingerprint density at radius 1 is 1.27 bits per heavy atom. The predicted octanol–water partition coefficient (Wildman–Crippen LogP) is 3.38. The van der Waals surface area contributed by atoms with Gasteiger partial charge in [-0.2, -0.15) is 0 Å². The molecule has 0 bridgehead atoms. The Morgan fingerprint density at radius 2 is 1.95 bits per heavy atom. The Balaban J connectivity index is 2.20. The Morgan fingerprint density at radius 3 is 2.55 bits per heavy atom. The molecule has 0 heterocycles. The maximum absolute atomic E-state index is 11.5. The van der Waals surface area contributed by atoms with E-state index in [1.807, 2.05) is 0 Å². The van der Waals surface area contributed by atoms with E-state index in [-0.39, 0.29) is 30.4 Å². The molecule has 8 nitrogen and oxygen atoms in total. The van der Waals surface area contributed by atoms with Crippen LogP contribution in [0.5, 0.6) is 5.75 Å². The fourth-order valence-electron chi connectivity index (χ4n) is 1.48. The van der Waals surface area contributed by atoms with E-state index < -0.39 is 13.2 Å². The van der Waals surface area contributed by atoms with Gasteiger partial charge in [0.2, 0.25) is 0 Å². The molecule has 1 rings (SSSR count). The number of rotatable bonds is 10. The van der Waals surface area contributed by atoms with E-state index >= 15 is 0 Å². The largest absolute Gasteiger partial charge is 0.750 e. The van der Waals surface area contributed by atoms with E-state index in [1.165, 1.54) is 24.3 Å². The molecule has 0 aliphatic carbocycles. The number of hydrogen-bond acceptors (Lipinski definition) is 7. The minimum Gasteiger partial charge on any atom is -0.466 e. The number of nitrogens with zero attached hydrogens (tertiary/aromatic N) is 1. The van der Waals surface area contributed by atoms with Gasteiger partial charge in [-0.15, -0.1) is 4.52 Å². The first-order valence-electron chi connectivity index (χ1n) is 6.71. The molecule has 22 heavy (non-hydrogen) atoms. The molecule has 1 aromatic carbocycles. The van der Waals surface area contributed by atoms with Crippen LogP contribution in [0, 0.1) is 10.1 Å². The predicted molar refractivity (Wildman–Crippen MR) is 77.8 cm³/mol. The average Bonchev–Trinajstić information content (AvgIpc) is 2.47. The normalized spacial score (nSPS) is 10.9. The lowest BCUT2D eigenvalue weighted by Gasteiger charge is -1.99. The summed E-state index contributed by atoms with van der Waals surface area (Å²) >= 11 is 0. The van der Waals surface area contributed by atoms with Crippen LogP contribution in [0.2, 0.25) is 0 Å². The molecule has 120 valence electrons. The topological polar surface area (TPSA) is 105 Å². The highest BCUT2D eigenvalue weighted by Gasteiger charge is 2.22. The van der Waals surface area contributed by atoms with Gasteiger partial charge >= 0.3 is 14.2 Å². The number of nitro groups is 1. The van der Waals surface area contributed by atoms with E-state index in [1.54, 1.807) is 6.92 Å². The number of unbranched alkanes of at least 4 members (excludes halogenated alkanes) is 1. The Bertz CT molecular complexity index is 518. The van der Waals surface area contributed by atoms with Gasteiger partial charge in [-0.3, -0.25) is 14.9 Å². The Labute approximate surface area is 128 Å². The molecule has 1 aromatic rings. The number of nitro benzene ring substituents is 1. The molecule has 0 aliphatic rings. The van der Waals surface area contributed by atoms with Gasteiger partial charge in [0, 0.05) is 23.1 Å². The molecule has 1 unspecified atom stereocenters. The first kappa shape index (κ1) is 18.0. The van der Waals surface area contributed by atoms with Gasteiger partial charge in [-0.1, -0.05) is 0 Å². The van der Waals surface area contributed by atoms with Crippen molar-refractivity contribution in [3.63, 3.8) is 0 Å². The highest BCUT2D eigenvalue weighted by atomic mass is 31.1. The second kappa shape index (κ2) is 9.81. The Kier molecular flexibility index (Phi) is 8.03. The van der Waals surface area contributed by atoms with E-state index in [0.717, 1.165) is 0 Å². The van der Waals surface area contributed by atoms with Gasteiger partial charge < -0.3 is 4.74 Å². The smallest absolute Gasteiger partial charge is 0.466 e. The minimum absolute atomic E-state index is 0.0811. The van der Waals surface area contributed by atoms with Gasteiger partial charge in [0.05, 0.1) is 11.5 Å². The van der Waals surface area contributed by atoms with Gasteiger partial charge in [0.15, 0.2) is 5.75 Å². The number of non-ortho nitro benzene ring substituents is 1. The van der Waals surface area contributed by atoms with Crippen molar-refractivity contribution in [2.24, 2.45) is 0 Å². The molecule has 0 aliphatic heterocycles. The molecular weight excluding hydrogens is 313 g/mol. The minimum atomic E-state index is -2.36. The standard InChI is InChI=1S/C13H17NO7P/c1-2-19-13(15)5-3-4-10-20-22(18)21-12-8-6-11(7-9-12)14(16)17/h6-9H,2-5,10H2,1H3/q+1. The van der Waals surface area contributed by atoms with Crippen molar-refractivity contribution >= 4 is 19.9 Å². The summed E-state index contributed by atoms with van der Waals surface area (Å²) < 4.78 is 26.2. The van der Waals surface area contributed by atoms with Crippen molar-refractivity contribution in [2.75, 3.05) is 13.2 Å². The van der Waals surface area contributed by atoms with Gasteiger partial charge in [-0.05, 0) is 31.9 Å². The first-order chi connectivity index (χ1) is 10.5. The van der Waals surface area contributed by atoms with Crippen LogP contribution in [0.4, 0.5) is 5.69 Å². The molecule has 0 saturated heterocycles. The summed E-state index contributed by atoms with van der Waals surface area (Å²) in [5, 5.41) is 10.5. The van der Waals surface area contributed by atoms with E-state index in [4.69, 9.17) is 13.8 Å².